The molecule has 100 valence electrons. The van der Waals surface area contributed by atoms with Gasteiger partial charge in [0.25, 0.3) is 5.91 Å². The first-order valence-corrected chi connectivity index (χ1v) is 6.55. The number of furan rings is 1. The number of halogens is 1. The van der Waals surface area contributed by atoms with Crippen LogP contribution in [-0.4, -0.2) is 20.7 Å². The van der Waals surface area contributed by atoms with Crippen molar-refractivity contribution in [3.8, 4) is 5.82 Å². The van der Waals surface area contributed by atoms with Crippen molar-refractivity contribution in [1.29, 1.82) is 0 Å². The third kappa shape index (κ3) is 2.48. The summed E-state index contributed by atoms with van der Waals surface area (Å²) in [5, 5.41) is 6.85. The van der Waals surface area contributed by atoms with Crippen LogP contribution in [0.25, 0.3) is 5.82 Å². The van der Waals surface area contributed by atoms with Crippen molar-refractivity contribution in [3.63, 3.8) is 0 Å². The summed E-state index contributed by atoms with van der Waals surface area (Å²) in [5.74, 6) is 0.403. The number of carbonyl (C=O) groups is 1. The normalized spacial score (nSPS) is 10.4. The second-order valence-corrected chi connectivity index (χ2v) is 4.66. The molecular formula is C13H9BrN4O2. The highest BCUT2D eigenvalue weighted by Crippen LogP contribution is 2.19. The quantitative estimate of drug-likeness (QED) is 0.800. The van der Waals surface area contributed by atoms with Gasteiger partial charge in [0.15, 0.2) is 16.2 Å². The molecule has 0 saturated heterocycles. The highest BCUT2D eigenvalue weighted by atomic mass is 79.9. The third-order valence-corrected chi connectivity index (χ3v) is 2.98. The molecule has 3 aromatic heterocycles. The Bertz CT molecular complexity index is 736. The van der Waals surface area contributed by atoms with Crippen molar-refractivity contribution in [2.24, 2.45) is 0 Å². The summed E-state index contributed by atoms with van der Waals surface area (Å²) in [4.78, 5) is 16.3. The molecule has 0 atom stereocenters. The van der Waals surface area contributed by atoms with E-state index in [1.807, 2.05) is 0 Å². The lowest BCUT2D eigenvalue weighted by atomic mass is 10.3. The van der Waals surface area contributed by atoms with Crippen molar-refractivity contribution in [1.82, 2.24) is 14.8 Å². The van der Waals surface area contributed by atoms with E-state index < -0.39 is 0 Å². The van der Waals surface area contributed by atoms with Gasteiger partial charge in [0, 0.05) is 18.6 Å². The zero-order chi connectivity index (χ0) is 13.9. The lowest BCUT2D eigenvalue weighted by Gasteiger charge is -2.08. The molecule has 0 aromatic carbocycles. The number of aromatic nitrogens is 3. The Kier molecular flexibility index (Phi) is 3.34. The van der Waals surface area contributed by atoms with Crippen LogP contribution in [0.5, 0.6) is 0 Å². The average Bonchev–Trinajstić information content (AvgIpc) is 3.10. The van der Waals surface area contributed by atoms with E-state index in [2.05, 4.69) is 31.3 Å². The zero-order valence-electron chi connectivity index (χ0n) is 10.2. The van der Waals surface area contributed by atoms with Crippen molar-refractivity contribution in [3.05, 3.63) is 59.4 Å². The Balaban J connectivity index is 1.90. The summed E-state index contributed by atoms with van der Waals surface area (Å²) in [6.45, 7) is 0. The summed E-state index contributed by atoms with van der Waals surface area (Å²) in [6, 6.07) is 8.51. The van der Waals surface area contributed by atoms with Gasteiger partial charge in [-0.15, -0.1) is 0 Å². The van der Waals surface area contributed by atoms with E-state index in [0.29, 0.717) is 16.2 Å². The molecule has 0 fully saturated rings. The van der Waals surface area contributed by atoms with Crippen LogP contribution in [0.15, 0.2) is 58.0 Å². The molecule has 3 rings (SSSR count). The molecule has 20 heavy (non-hydrogen) atoms. The Hall–Kier alpha value is -2.41. The molecule has 3 aromatic rings. The third-order valence-electron chi connectivity index (χ3n) is 2.55. The second-order valence-electron chi connectivity index (χ2n) is 3.88. The minimum absolute atomic E-state index is 0.215. The monoisotopic (exact) mass is 332 g/mol. The fourth-order valence-electron chi connectivity index (χ4n) is 1.69. The van der Waals surface area contributed by atoms with Crippen LogP contribution >= 0.6 is 15.9 Å². The van der Waals surface area contributed by atoms with Crippen LogP contribution in [0.3, 0.4) is 0 Å². The minimum Gasteiger partial charge on any atom is -0.444 e. The van der Waals surface area contributed by atoms with Crippen molar-refractivity contribution in [2.75, 3.05) is 5.32 Å². The smallest absolute Gasteiger partial charge is 0.291 e. The standard InChI is InChI=1S/C13H9BrN4O2/c14-11-5-4-10(20-11)13(19)17-9-3-1-6-15-12(9)18-8-2-7-16-18/h1-8H,(H,17,19). The van der Waals surface area contributed by atoms with Crippen molar-refractivity contribution in [2.45, 2.75) is 0 Å². The van der Waals surface area contributed by atoms with Crippen LogP contribution in [0.4, 0.5) is 5.69 Å². The van der Waals surface area contributed by atoms with Gasteiger partial charge >= 0.3 is 0 Å². The summed E-state index contributed by atoms with van der Waals surface area (Å²) in [5.41, 5.74) is 0.550. The number of hydrogen-bond donors (Lipinski definition) is 1. The largest absolute Gasteiger partial charge is 0.444 e. The van der Waals surface area contributed by atoms with E-state index in [-0.39, 0.29) is 11.7 Å². The van der Waals surface area contributed by atoms with E-state index in [9.17, 15) is 4.79 Å². The average molecular weight is 333 g/mol. The predicted molar refractivity (Wildman–Crippen MR) is 75.7 cm³/mol. The molecule has 0 aliphatic heterocycles. The van der Waals surface area contributed by atoms with Gasteiger partial charge in [0.05, 0.1) is 5.69 Å². The molecule has 1 amide bonds. The Morgan fingerprint density at radius 1 is 1.25 bits per heavy atom. The lowest BCUT2D eigenvalue weighted by Crippen LogP contribution is -2.14. The van der Waals surface area contributed by atoms with Gasteiger partial charge in [-0.3, -0.25) is 4.79 Å². The fourth-order valence-corrected chi connectivity index (χ4v) is 2.00. The van der Waals surface area contributed by atoms with Crippen LogP contribution in [0.1, 0.15) is 10.6 Å². The number of anilines is 1. The maximum atomic E-state index is 12.1. The van der Waals surface area contributed by atoms with Gasteiger partial charge in [0.1, 0.15) is 0 Å². The fraction of sp³-hybridized carbons (Fsp3) is 0. The molecule has 0 unspecified atom stereocenters. The summed E-state index contributed by atoms with van der Waals surface area (Å²) in [6.07, 6.45) is 5.03. The first-order valence-electron chi connectivity index (χ1n) is 5.76. The van der Waals surface area contributed by atoms with Crippen LogP contribution < -0.4 is 5.32 Å². The van der Waals surface area contributed by atoms with Gasteiger partial charge < -0.3 is 9.73 Å². The molecular weight excluding hydrogens is 324 g/mol. The van der Waals surface area contributed by atoms with E-state index in [1.165, 1.54) is 0 Å². The first-order chi connectivity index (χ1) is 9.74. The number of pyridine rings is 1. The minimum atomic E-state index is -0.350. The number of amides is 1. The number of carbonyl (C=O) groups excluding carboxylic acids is 1. The Labute approximate surface area is 122 Å². The molecule has 0 spiro atoms. The van der Waals surface area contributed by atoms with E-state index in [4.69, 9.17) is 4.42 Å². The van der Waals surface area contributed by atoms with Crippen molar-refractivity contribution >= 4 is 27.5 Å². The van der Waals surface area contributed by atoms with Gasteiger partial charge in [-0.2, -0.15) is 5.10 Å². The summed E-state index contributed by atoms with van der Waals surface area (Å²) < 4.78 is 7.29. The molecule has 0 aliphatic carbocycles. The zero-order valence-corrected chi connectivity index (χ0v) is 11.7. The number of rotatable bonds is 3. The molecule has 0 aliphatic rings. The summed E-state index contributed by atoms with van der Waals surface area (Å²) in [7, 11) is 0. The topological polar surface area (TPSA) is 73.0 Å². The van der Waals surface area contributed by atoms with Crippen molar-refractivity contribution < 1.29 is 9.21 Å². The SMILES string of the molecule is O=C(Nc1cccnc1-n1cccn1)c1ccc(Br)o1. The molecule has 6 nitrogen and oxygen atoms in total. The van der Waals surface area contributed by atoms with E-state index in [0.717, 1.165) is 0 Å². The first kappa shape index (κ1) is 12.6. The number of hydrogen-bond acceptors (Lipinski definition) is 4. The van der Waals surface area contributed by atoms with Gasteiger partial charge in [-0.1, -0.05) is 0 Å². The molecule has 7 heteroatoms. The van der Waals surface area contributed by atoms with Gasteiger partial charge in [0.2, 0.25) is 0 Å². The van der Waals surface area contributed by atoms with Gasteiger partial charge in [-0.25, -0.2) is 9.67 Å². The maximum Gasteiger partial charge on any atom is 0.291 e. The van der Waals surface area contributed by atoms with Gasteiger partial charge in [-0.05, 0) is 46.3 Å². The predicted octanol–water partition coefficient (Wildman–Crippen LogP) is 2.88. The number of nitrogens with one attached hydrogen (secondary N) is 1. The van der Waals surface area contributed by atoms with Crippen LogP contribution in [0, 0.1) is 0 Å². The molecule has 3 heterocycles. The molecule has 0 bridgehead atoms. The Morgan fingerprint density at radius 2 is 2.15 bits per heavy atom. The molecule has 0 radical (unpaired) electrons. The van der Waals surface area contributed by atoms with Crippen LogP contribution in [-0.2, 0) is 0 Å². The highest BCUT2D eigenvalue weighted by Gasteiger charge is 2.14. The number of nitrogens with zero attached hydrogens (tertiary/aromatic N) is 3. The lowest BCUT2D eigenvalue weighted by molar-refractivity contribution is 0.0995. The second kappa shape index (κ2) is 5.30. The summed E-state index contributed by atoms with van der Waals surface area (Å²) >= 11 is 3.16. The Morgan fingerprint density at radius 3 is 2.85 bits per heavy atom. The molecule has 0 saturated carbocycles. The van der Waals surface area contributed by atoms with Crippen LogP contribution in [0.2, 0.25) is 0 Å². The molecule has 1 N–H and O–H groups in total. The maximum absolute atomic E-state index is 12.1. The van der Waals surface area contributed by atoms with E-state index in [1.54, 1.807) is 53.6 Å². The van der Waals surface area contributed by atoms with E-state index >= 15 is 0 Å². The highest BCUT2D eigenvalue weighted by molar-refractivity contribution is 9.10.